The summed E-state index contributed by atoms with van der Waals surface area (Å²) in [6, 6.07) is 21.7. The summed E-state index contributed by atoms with van der Waals surface area (Å²) in [5, 5.41) is 18.8. The Morgan fingerprint density at radius 3 is 2.11 bits per heavy atom. The zero-order chi connectivity index (χ0) is 19.9. The van der Waals surface area contributed by atoms with E-state index in [4.69, 9.17) is 0 Å². The highest BCUT2D eigenvalue weighted by Crippen LogP contribution is 2.19. The molecule has 0 N–H and O–H groups in total. The van der Waals surface area contributed by atoms with Crippen LogP contribution in [-0.2, 0) is 0 Å². The summed E-state index contributed by atoms with van der Waals surface area (Å²) in [5.41, 5.74) is 4.53. The second-order valence-corrected chi connectivity index (χ2v) is 6.44. The van der Waals surface area contributed by atoms with Gasteiger partial charge in [0.2, 0.25) is 0 Å². The predicted octanol–water partition coefficient (Wildman–Crippen LogP) is 4.36. The molecule has 2 aromatic carbocycles. The molecule has 0 amide bonds. The molecule has 3 rings (SSSR count). The van der Waals surface area contributed by atoms with E-state index < -0.39 is 0 Å². The van der Waals surface area contributed by atoms with Crippen LogP contribution < -0.4 is 4.90 Å². The lowest BCUT2D eigenvalue weighted by Gasteiger charge is -2.11. The molecule has 5 nitrogen and oxygen atoms in total. The summed E-state index contributed by atoms with van der Waals surface area (Å²) in [6.45, 7) is 0. The zero-order valence-corrected chi connectivity index (χ0v) is 15.8. The second-order valence-electron chi connectivity index (χ2n) is 6.44. The third-order valence-electron chi connectivity index (χ3n) is 4.27. The maximum Gasteiger partial charge on any atom is 0.177 e. The van der Waals surface area contributed by atoms with Crippen LogP contribution in [0.4, 0.5) is 5.69 Å². The smallest absolute Gasteiger partial charge is 0.177 e. The van der Waals surface area contributed by atoms with E-state index >= 15 is 0 Å². The Morgan fingerprint density at radius 2 is 1.50 bits per heavy atom. The van der Waals surface area contributed by atoms with Crippen molar-refractivity contribution in [3.05, 3.63) is 83.2 Å². The van der Waals surface area contributed by atoms with Crippen molar-refractivity contribution in [2.45, 2.75) is 6.42 Å². The Labute approximate surface area is 164 Å². The molecule has 0 saturated heterocycles. The van der Waals surface area contributed by atoms with Gasteiger partial charge in [0.1, 0.15) is 12.1 Å². The molecule has 1 aliphatic heterocycles. The molecule has 0 atom stereocenters. The lowest BCUT2D eigenvalue weighted by atomic mass is 10.0. The molecule has 136 valence electrons. The van der Waals surface area contributed by atoms with Gasteiger partial charge in [0.15, 0.2) is 11.4 Å². The number of anilines is 1. The molecule has 1 heterocycles. The number of rotatable bonds is 4. The van der Waals surface area contributed by atoms with Gasteiger partial charge >= 0.3 is 0 Å². The van der Waals surface area contributed by atoms with E-state index in [0.717, 1.165) is 16.8 Å². The number of allylic oxidation sites excluding steroid dienone is 3. The first-order valence-electron chi connectivity index (χ1n) is 8.81. The third-order valence-corrected chi connectivity index (χ3v) is 4.27. The minimum Gasteiger partial charge on any atom is -0.378 e. The number of hydrogen-bond acceptors (Lipinski definition) is 5. The first kappa shape index (κ1) is 18.8. The van der Waals surface area contributed by atoms with Crippen molar-refractivity contribution >= 4 is 23.2 Å². The maximum atomic E-state index is 9.40. The quantitative estimate of drug-likeness (QED) is 0.808. The van der Waals surface area contributed by atoms with E-state index in [1.807, 2.05) is 97.9 Å². The third kappa shape index (κ3) is 4.41. The number of aliphatic imine (C=N–C) groups is 2. The van der Waals surface area contributed by atoms with Crippen LogP contribution in [0.15, 0.2) is 82.1 Å². The van der Waals surface area contributed by atoms with Crippen molar-refractivity contribution in [1.82, 2.24) is 0 Å². The highest BCUT2D eigenvalue weighted by Gasteiger charge is 2.15. The molecule has 0 radical (unpaired) electrons. The molecule has 0 bridgehead atoms. The van der Waals surface area contributed by atoms with Crippen molar-refractivity contribution in [3.8, 4) is 12.1 Å². The molecule has 0 unspecified atom stereocenters. The van der Waals surface area contributed by atoms with Crippen LogP contribution in [0.25, 0.3) is 6.08 Å². The lowest BCUT2D eigenvalue weighted by Crippen LogP contribution is -2.08. The molecule has 0 saturated carbocycles. The molecule has 0 aliphatic carbocycles. The van der Waals surface area contributed by atoms with Crippen molar-refractivity contribution in [1.29, 1.82) is 10.5 Å². The second kappa shape index (κ2) is 8.62. The molecule has 5 heteroatoms. The van der Waals surface area contributed by atoms with E-state index in [0.29, 0.717) is 17.8 Å². The summed E-state index contributed by atoms with van der Waals surface area (Å²) in [4.78, 5) is 10.8. The van der Waals surface area contributed by atoms with Gasteiger partial charge in [0, 0.05) is 31.9 Å². The largest absolute Gasteiger partial charge is 0.378 e. The minimum absolute atomic E-state index is 0.0380. The van der Waals surface area contributed by atoms with E-state index in [-0.39, 0.29) is 11.4 Å². The number of benzene rings is 2. The van der Waals surface area contributed by atoms with Gasteiger partial charge in [-0.25, -0.2) is 9.98 Å². The molecule has 28 heavy (non-hydrogen) atoms. The fraction of sp³-hybridized carbons (Fsp3) is 0.130. The molecular weight excluding hydrogens is 346 g/mol. The van der Waals surface area contributed by atoms with Gasteiger partial charge in [-0.15, -0.1) is 0 Å². The maximum absolute atomic E-state index is 9.40. The Balaban J connectivity index is 1.95. The van der Waals surface area contributed by atoms with E-state index in [2.05, 4.69) is 9.98 Å². The van der Waals surface area contributed by atoms with Crippen molar-refractivity contribution in [3.63, 3.8) is 0 Å². The van der Waals surface area contributed by atoms with Gasteiger partial charge in [0.25, 0.3) is 0 Å². The first-order valence-corrected chi connectivity index (χ1v) is 8.81. The predicted molar refractivity (Wildman–Crippen MR) is 113 cm³/mol. The summed E-state index contributed by atoms with van der Waals surface area (Å²) in [5.74, 6) is 0. The van der Waals surface area contributed by atoms with Crippen LogP contribution in [-0.4, -0.2) is 25.5 Å². The van der Waals surface area contributed by atoms with Crippen molar-refractivity contribution in [2.24, 2.45) is 9.98 Å². The fourth-order valence-corrected chi connectivity index (χ4v) is 2.76. The fourth-order valence-electron chi connectivity index (χ4n) is 2.76. The standard InChI is InChI=1S/C23H19N5/c1-28(2)20-12-9-17(10-13-20)8-11-19-14-21(18-6-4-3-5-7-18)27-23(16-25)22(15-24)26-19/h3-13H,14H2,1-2H3. The highest BCUT2D eigenvalue weighted by atomic mass is 15.1. The number of nitriles is 2. The Morgan fingerprint density at radius 1 is 0.857 bits per heavy atom. The van der Waals surface area contributed by atoms with Crippen LogP contribution in [0.5, 0.6) is 0 Å². The monoisotopic (exact) mass is 365 g/mol. The topological polar surface area (TPSA) is 75.5 Å². The van der Waals surface area contributed by atoms with Crippen molar-refractivity contribution < 1.29 is 0 Å². The Bertz CT molecular complexity index is 1060. The van der Waals surface area contributed by atoms with Gasteiger partial charge in [-0.05, 0) is 29.3 Å². The normalized spacial score (nSPS) is 14.0. The van der Waals surface area contributed by atoms with Gasteiger partial charge < -0.3 is 4.90 Å². The average Bonchev–Trinajstić information content (AvgIpc) is 2.92. The molecule has 0 spiro atoms. The van der Waals surface area contributed by atoms with Gasteiger partial charge in [-0.2, -0.15) is 10.5 Å². The van der Waals surface area contributed by atoms with Crippen LogP contribution in [0.1, 0.15) is 17.5 Å². The molecule has 0 fully saturated rings. The van der Waals surface area contributed by atoms with Crippen LogP contribution >= 0.6 is 0 Å². The van der Waals surface area contributed by atoms with Crippen LogP contribution in [0.2, 0.25) is 0 Å². The first-order chi connectivity index (χ1) is 13.6. The molecular formula is C23H19N5. The van der Waals surface area contributed by atoms with Crippen LogP contribution in [0, 0.1) is 22.7 Å². The molecule has 1 aliphatic rings. The summed E-state index contributed by atoms with van der Waals surface area (Å²) >= 11 is 0. The van der Waals surface area contributed by atoms with Crippen molar-refractivity contribution in [2.75, 3.05) is 19.0 Å². The summed E-state index contributed by atoms with van der Waals surface area (Å²) < 4.78 is 0. The Kier molecular flexibility index (Phi) is 5.79. The minimum atomic E-state index is 0.0380. The Hall–Kier alpha value is -3.96. The number of hydrogen-bond donors (Lipinski definition) is 0. The van der Waals surface area contributed by atoms with Crippen LogP contribution in [0.3, 0.4) is 0 Å². The highest BCUT2D eigenvalue weighted by molar-refractivity contribution is 6.17. The van der Waals surface area contributed by atoms with E-state index in [1.54, 1.807) is 0 Å². The molecule has 2 aromatic rings. The van der Waals surface area contributed by atoms with Gasteiger partial charge in [-0.1, -0.05) is 48.5 Å². The van der Waals surface area contributed by atoms with Gasteiger partial charge in [-0.3, -0.25) is 0 Å². The molecule has 0 aromatic heterocycles. The zero-order valence-electron chi connectivity index (χ0n) is 15.8. The van der Waals surface area contributed by atoms with Gasteiger partial charge in [0.05, 0.1) is 5.71 Å². The number of nitrogens with zero attached hydrogens (tertiary/aromatic N) is 5. The van der Waals surface area contributed by atoms with E-state index in [9.17, 15) is 10.5 Å². The van der Waals surface area contributed by atoms with E-state index in [1.165, 1.54) is 0 Å². The lowest BCUT2D eigenvalue weighted by molar-refractivity contribution is 1.13. The average molecular weight is 365 g/mol. The SMILES string of the molecule is CN(C)c1ccc(C=CC2=NC(C#N)=C(C#N)N=C(c3ccccc3)C2)cc1. The summed E-state index contributed by atoms with van der Waals surface area (Å²) in [7, 11) is 4.00. The summed E-state index contributed by atoms with van der Waals surface area (Å²) in [6.07, 6.45) is 4.26.